The Morgan fingerprint density at radius 3 is 2.07 bits per heavy atom. The van der Waals surface area contributed by atoms with Gasteiger partial charge in [0.25, 0.3) is 0 Å². The molecule has 0 radical (unpaired) electrons. The molecule has 0 saturated heterocycles. The van der Waals surface area contributed by atoms with Crippen LogP contribution in [0.2, 0.25) is 0 Å². The number of ether oxygens (including phenoxy) is 1. The van der Waals surface area contributed by atoms with Crippen LogP contribution in [0.4, 0.5) is 0 Å². The minimum Gasteiger partial charge on any atom is -0.748 e. The summed E-state index contributed by atoms with van der Waals surface area (Å²) >= 11 is 0. The Balaban J connectivity index is -0.000000187. The van der Waals surface area contributed by atoms with Gasteiger partial charge in [-0.1, -0.05) is 26.2 Å². The molecular weight excluding hydrogens is 231 g/mol. The molecule has 0 heterocycles. The molecular formula is C8H13NaO5S. The van der Waals surface area contributed by atoms with Crippen molar-refractivity contribution in [1.82, 2.24) is 0 Å². The van der Waals surface area contributed by atoms with Gasteiger partial charge in [-0.25, -0.2) is 13.2 Å². The predicted octanol–water partition coefficient (Wildman–Crippen LogP) is -2.54. The predicted molar refractivity (Wildman–Crippen MR) is 51.6 cm³/mol. The molecule has 0 fully saturated rings. The fourth-order valence-electron chi connectivity index (χ4n) is 0.200. The van der Waals surface area contributed by atoms with Crippen LogP contribution in [0.5, 0.6) is 0 Å². The molecule has 82 valence electrons. The van der Waals surface area contributed by atoms with Crippen molar-refractivity contribution in [2.45, 2.75) is 6.92 Å². The zero-order chi connectivity index (χ0) is 11.6. The largest absolute Gasteiger partial charge is 1.00 e. The maximum absolute atomic E-state index is 10.2. The minimum absolute atomic E-state index is 0. The average molecular weight is 244 g/mol. The first-order valence-electron chi connectivity index (χ1n) is 3.71. The van der Waals surface area contributed by atoms with Gasteiger partial charge in [0.1, 0.15) is 6.61 Å². The number of hydrogen-bond donors (Lipinski definition) is 0. The van der Waals surface area contributed by atoms with Gasteiger partial charge in [-0.2, -0.15) is 0 Å². The Bertz CT molecular complexity index is 283. The third-order valence-electron chi connectivity index (χ3n) is 0.864. The first-order chi connectivity index (χ1) is 6.37. The molecule has 0 rings (SSSR count). The van der Waals surface area contributed by atoms with Gasteiger partial charge in [-0.15, -0.1) is 0 Å². The van der Waals surface area contributed by atoms with E-state index in [1.165, 1.54) is 13.0 Å². The first-order valence-corrected chi connectivity index (χ1v) is 5.28. The number of esters is 1. The Morgan fingerprint density at radius 2 is 1.87 bits per heavy atom. The summed E-state index contributed by atoms with van der Waals surface area (Å²) in [6.45, 7) is 8.12. The zero-order valence-corrected chi connectivity index (χ0v) is 11.7. The standard InChI is InChI=1S/C6H8O2.C2H6O3S.Na/c1-3-5-8-6(7)4-2;1-2-6(3,4)5;/h3-4H,1-2,5H2;2H2,1H3,(H,3,4,5);/q;;+1/p-1. The molecule has 0 aromatic rings. The van der Waals surface area contributed by atoms with E-state index < -0.39 is 16.1 Å². The van der Waals surface area contributed by atoms with Gasteiger partial charge < -0.3 is 9.29 Å². The molecule has 7 heteroatoms. The maximum atomic E-state index is 10.2. The average Bonchev–Trinajstić information content (AvgIpc) is 2.14. The van der Waals surface area contributed by atoms with E-state index in [9.17, 15) is 17.8 Å². The molecule has 0 saturated carbocycles. The molecule has 0 atom stereocenters. The van der Waals surface area contributed by atoms with Crippen molar-refractivity contribution in [2.75, 3.05) is 12.4 Å². The summed E-state index contributed by atoms with van der Waals surface area (Å²) in [4.78, 5) is 10.2. The normalized spacial score (nSPS) is 8.67. The third-order valence-corrected chi connectivity index (χ3v) is 1.57. The van der Waals surface area contributed by atoms with Crippen LogP contribution in [0.15, 0.2) is 25.3 Å². The Morgan fingerprint density at radius 1 is 1.47 bits per heavy atom. The number of rotatable bonds is 4. The molecule has 5 nitrogen and oxygen atoms in total. The molecule has 0 aliphatic carbocycles. The molecule has 15 heavy (non-hydrogen) atoms. The molecule has 0 aliphatic rings. The maximum Gasteiger partial charge on any atom is 1.00 e. The molecule has 0 aliphatic heterocycles. The van der Waals surface area contributed by atoms with Gasteiger partial charge in [0.05, 0.1) is 10.1 Å². The van der Waals surface area contributed by atoms with Crippen LogP contribution in [0.1, 0.15) is 6.92 Å². The van der Waals surface area contributed by atoms with Crippen LogP contribution in [0, 0.1) is 0 Å². The second kappa shape index (κ2) is 11.9. The SMILES string of the molecule is C=CCOC(=O)C=C.CCS(=O)(=O)[O-].[Na+]. The van der Waals surface area contributed by atoms with E-state index >= 15 is 0 Å². The van der Waals surface area contributed by atoms with E-state index in [4.69, 9.17) is 0 Å². The fraction of sp³-hybridized carbons (Fsp3) is 0.375. The minimum atomic E-state index is -3.91. The molecule has 0 spiro atoms. The van der Waals surface area contributed by atoms with E-state index in [1.54, 1.807) is 0 Å². The van der Waals surface area contributed by atoms with Gasteiger partial charge in [0, 0.05) is 11.8 Å². The monoisotopic (exact) mass is 244 g/mol. The molecule has 0 aromatic heterocycles. The third kappa shape index (κ3) is 24.8. The van der Waals surface area contributed by atoms with Crippen LogP contribution in [-0.4, -0.2) is 31.3 Å². The van der Waals surface area contributed by atoms with Crippen molar-refractivity contribution in [2.24, 2.45) is 0 Å². The van der Waals surface area contributed by atoms with E-state index in [0.717, 1.165) is 6.08 Å². The number of carbonyl (C=O) groups excluding carboxylic acids is 1. The topological polar surface area (TPSA) is 83.5 Å². The summed E-state index contributed by atoms with van der Waals surface area (Å²) < 4.78 is 32.8. The van der Waals surface area contributed by atoms with Gasteiger partial charge in [0.2, 0.25) is 0 Å². The Hall–Kier alpha value is -0.140. The van der Waals surface area contributed by atoms with Crippen molar-refractivity contribution in [3.8, 4) is 0 Å². The van der Waals surface area contributed by atoms with Crippen LogP contribution in [0.25, 0.3) is 0 Å². The van der Waals surface area contributed by atoms with Gasteiger partial charge >= 0.3 is 35.5 Å². The van der Waals surface area contributed by atoms with E-state index in [0.29, 0.717) is 0 Å². The van der Waals surface area contributed by atoms with Crippen LogP contribution >= 0.6 is 0 Å². The second-order valence-corrected chi connectivity index (χ2v) is 3.66. The summed E-state index contributed by atoms with van der Waals surface area (Å²) in [6, 6.07) is 0. The van der Waals surface area contributed by atoms with Crippen molar-refractivity contribution in [1.29, 1.82) is 0 Å². The van der Waals surface area contributed by atoms with Crippen LogP contribution < -0.4 is 29.6 Å². The molecule has 0 aromatic carbocycles. The van der Waals surface area contributed by atoms with Crippen molar-refractivity contribution in [3.05, 3.63) is 25.3 Å². The zero-order valence-electron chi connectivity index (χ0n) is 8.93. The van der Waals surface area contributed by atoms with E-state index in [-0.39, 0.29) is 41.9 Å². The second-order valence-electron chi connectivity index (χ2n) is 1.97. The van der Waals surface area contributed by atoms with Gasteiger partial charge in [0.15, 0.2) is 0 Å². The summed E-state index contributed by atoms with van der Waals surface area (Å²) in [7, 11) is -3.91. The Kier molecular flexibility index (Phi) is 16.1. The summed E-state index contributed by atoms with van der Waals surface area (Å²) in [5, 5.41) is 0. The smallest absolute Gasteiger partial charge is 0.748 e. The van der Waals surface area contributed by atoms with Crippen molar-refractivity contribution < 1.29 is 52.1 Å². The van der Waals surface area contributed by atoms with Crippen molar-refractivity contribution >= 4 is 16.1 Å². The van der Waals surface area contributed by atoms with E-state index in [1.807, 2.05) is 0 Å². The molecule has 0 unspecified atom stereocenters. The number of carbonyl (C=O) groups is 1. The molecule has 0 bridgehead atoms. The quantitative estimate of drug-likeness (QED) is 0.179. The fourth-order valence-corrected chi connectivity index (χ4v) is 0.200. The Labute approximate surface area is 112 Å². The van der Waals surface area contributed by atoms with Crippen LogP contribution in [-0.2, 0) is 19.6 Å². The number of hydrogen-bond acceptors (Lipinski definition) is 5. The summed E-state index contributed by atoms with van der Waals surface area (Å²) in [5.74, 6) is -0.725. The summed E-state index contributed by atoms with van der Waals surface area (Å²) in [6.07, 6.45) is 2.62. The summed E-state index contributed by atoms with van der Waals surface area (Å²) in [5.41, 5.74) is 0. The molecule has 0 amide bonds. The first kappa shape index (κ1) is 20.3. The van der Waals surface area contributed by atoms with Gasteiger partial charge in [-0.3, -0.25) is 0 Å². The van der Waals surface area contributed by atoms with Crippen molar-refractivity contribution in [3.63, 3.8) is 0 Å². The van der Waals surface area contributed by atoms with E-state index in [2.05, 4.69) is 17.9 Å². The van der Waals surface area contributed by atoms with Gasteiger partial charge in [-0.05, 0) is 0 Å². The van der Waals surface area contributed by atoms with Crippen LogP contribution in [0.3, 0.4) is 0 Å². The molecule has 0 N–H and O–H groups in total.